The van der Waals surface area contributed by atoms with Crippen LogP contribution in [0.1, 0.15) is 44.6 Å². The molecule has 1 aromatic carbocycles. The van der Waals surface area contributed by atoms with Crippen molar-refractivity contribution in [3.8, 4) is 11.8 Å². The summed E-state index contributed by atoms with van der Waals surface area (Å²) in [5.74, 6) is 1.50. The maximum absolute atomic E-state index is 9.17. The lowest BCUT2D eigenvalue weighted by atomic mass is 9.84. The fourth-order valence-electron chi connectivity index (χ4n) is 2.86. The number of nitrogens with zero attached hydrogens (tertiary/aromatic N) is 1. The van der Waals surface area contributed by atoms with E-state index in [1.165, 1.54) is 32.1 Å². The lowest BCUT2D eigenvalue weighted by molar-refractivity contribution is 0.328. The topological polar surface area (TPSA) is 45.0 Å². The van der Waals surface area contributed by atoms with E-state index in [1.807, 2.05) is 18.2 Å². The number of hydrogen-bond donors (Lipinski definition) is 1. The lowest BCUT2D eigenvalue weighted by Crippen LogP contribution is -2.28. The van der Waals surface area contributed by atoms with Crippen LogP contribution in [0.3, 0.4) is 0 Å². The van der Waals surface area contributed by atoms with Gasteiger partial charge in [-0.25, -0.2) is 0 Å². The Bertz CT molecular complexity index is 458. The average molecular weight is 258 g/mol. The Morgan fingerprint density at radius 1 is 1.32 bits per heavy atom. The van der Waals surface area contributed by atoms with Gasteiger partial charge in [0.05, 0.1) is 18.4 Å². The average Bonchev–Trinajstić information content (AvgIpc) is 2.48. The molecule has 0 saturated heterocycles. The zero-order chi connectivity index (χ0) is 13.7. The van der Waals surface area contributed by atoms with Crippen molar-refractivity contribution in [2.45, 2.75) is 45.1 Å². The number of hydrogen-bond acceptors (Lipinski definition) is 3. The molecular formula is C16H22N2O. The quantitative estimate of drug-likeness (QED) is 0.889. The van der Waals surface area contributed by atoms with Crippen molar-refractivity contribution in [1.29, 1.82) is 5.26 Å². The maximum atomic E-state index is 9.17. The summed E-state index contributed by atoms with van der Waals surface area (Å²) < 4.78 is 5.23. The van der Waals surface area contributed by atoms with Crippen molar-refractivity contribution in [2.75, 3.05) is 12.4 Å². The van der Waals surface area contributed by atoms with Crippen LogP contribution in [0.15, 0.2) is 18.2 Å². The zero-order valence-corrected chi connectivity index (χ0v) is 11.8. The molecule has 0 aromatic heterocycles. The monoisotopic (exact) mass is 258 g/mol. The van der Waals surface area contributed by atoms with Crippen LogP contribution < -0.4 is 10.1 Å². The molecule has 1 atom stereocenters. The second-order valence-corrected chi connectivity index (χ2v) is 5.35. The summed E-state index contributed by atoms with van der Waals surface area (Å²) in [6.45, 7) is 2.22. The molecule has 0 aliphatic heterocycles. The van der Waals surface area contributed by atoms with Crippen LogP contribution in [0, 0.1) is 17.2 Å². The number of nitriles is 1. The number of ether oxygens (including phenoxy) is 1. The zero-order valence-electron chi connectivity index (χ0n) is 11.8. The van der Waals surface area contributed by atoms with E-state index in [1.54, 1.807) is 7.11 Å². The Morgan fingerprint density at radius 3 is 2.68 bits per heavy atom. The van der Waals surface area contributed by atoms with Gasteiger partial charge < -0.3 is 10.1 Å². The summed E-state index contributed by atoms with van der Waals surface area (Å²) in [7, 11) is 1.65. The Kier molecular flexibility index (Phi) is 4.68. The van der Waals surface area contributed by atoms with Crippen LogP contribution in [0.2, 0.25) is 0 Å². The van der Waals surface area contributed by atoms with E-state index >= 15 is 0 Å². The van der Waals surface area contributed by atoms with Crippen molar-refractivity contribution in [2.24, 2.45) is 5.92 Å². The molecule has 2 rings (SSSR count). The van der Waals surface area contributed by atoms with Gasteiger partial charge in [-0.2, -0.15) is 5.26 Å². The molecule has 0 spiro atoms. The second kappa shape index (κ2) is 6.47. The minimum absolute atomic E-state index is 0.402. The molecule has 1 aromatic rings. The first-order valence-electron chi connectivity index (χ1n) is 7.09. The van der Waals surface area contributed by atoms with Crippen LogP contribution in [-0.4, -0.2) is 13.2 Å². The number of benzene rings is 1. The number of anilines is 1. The van der Waals surface area contributed by atoms with Crippen molar-refractivity contribution < 1.29 is 4.74 Å². The molecule has 0 bridgehead atoms. The minimum Gasteiger partial charge on any atom is -0.497 e. The molecule has 0 amide bonds. The third-order valence-electron chi connectivity index (χ3n) is 4.09. The molecule has 1 unspecified atom stereocenters. The van der Waals surface area contributed by atoms with E-state index in [-0.39, 0.29) is 0 Å². The van der Waals surface area contributed by atoms with Crippen LogP contribution in [0.25, 0.3) is 0 Å². The molecular weight excluding hydrogens is 236 g/mol. The summed E-state index contributed by atoms with van der Waals surface area (Å²) in [5.41, 5.74) is 1.57. The SMILES string of the molecule is COc1ccc(C#N)c(NC(C)C2CCCCC2)c1. The summed E-state index contributed by atoms with van der Waals surface area (Å²) >= 11 is 0. The third kappa shape index (κ3) is 3.41. The first-order chi connectivity index (χ1) is 9.24. The first kappa shape index (κ1) is 13.7. The maximum Gasteiger partial charge on any atom is 0.121 e. The Balaban J connectivity index is 2.10. The van der Waals surface area contributed by atoms with E-state index < -0.39 is 0 Å². The predicted molar refractivity (Wildman–Crippen MR) is 77.4 cm³/mol. The van der Waals surface area contributed by atoms with Gasteiger partial charge in [0.15, 0.2) is 0 Å². The van der Waals surface area contributed by atoms with E-state index in [9.17, 15) is 5.26 Å². The highest BCUT2D eigenvalue weighted by atomic mass is 16.5. The van der Waals surface area contributed by atoms with E-state index in [2.05, 4.69) is 18.3 Å². The van der Waals surface area contributed by atoms with Crippen LogP contribution in [-0.2, 0) is 0 Å². The van der Waals surface area contributed by atoms with Gasteiger partial charge in [0.2, 0.25) is 0 Å². The number of rotatable bonds is 4. The summed E-state index contributed by atoms with van der Waals surface area (Å²) in [6.07, 6.45) is 6.62. The van der Waals surface area contributed by atoms with E-state index in [0.29, 0.717) is 17.5 Å². The van der Waals surface area contributed by atoms with Crippen molar-refractivity contribution in [3.63, 3.8) is 0 Å². The minimum atomic E-state index is 0.402. The number of methoxy groups -OCH3 is 1. The van der Waals surface area contributed by atoms with Crippen LogP contribution >= 0.6 is 0 Å². The van der Waals surface area contributed by atoms with Crippen molar-refractivity contribution in [3.05, 3.63) is 23.8 Å². The van der Waals surface area contributed by atoms with E-state index in [0.717, 1.165) is 11.4 Å². The molecule has 1 N–H and O–H groups in total. The normalized spacial score (nSPS) is 17.5. The van der Waals surface area contributed by atoms with Gasteiger partial charge in [-0.3, -0.25) is 0 Å². The predicted octanol–water partition coefficient (Wildman–Crippen LogP) is 3.95. The third-order valence-corrected chi connectivity index (χ3v) is 4.09. The fourth-order valence-corrected chi connectivity index (χ4v) is 2.86. The van der Waals surface area contributed by atoms with Gasteiger partial charge in [0, 0.05) is 12.1 Å². The lowest BCUT2D eigenvalue weighted by Gasteiger charge is -2.29. The molecule has 0 radical (unpaired) electrons. The molecule has 1 aliphatic rings. The summed E-state index contributed by atoms with van der Waals surface area (Å²) in [4.78, 5) is 0. The summed E-state index contributed by atoms with van der Waals surface area (Å²) in [6, 6.07) is 8.20. The smallest absolute Gasteiger partial charge is 0.121 e. The molecule has 19 heavy (non-hydrogen) atoms. The molecule has 0 heterocycles. The Hall–Kier alpha value is -1.69. The van der Waals surface area contributed by atoms with Crippen LogP contribution in [0.5, 0.6) is 5.75 Å². The van der Waals surface area contributed by atoms with Gasteiger partial charge in [0.1, 0.15) is 11.8 Å². The van der Waals surface area contributed by atoms with Gasteiger partial charge >= 0.3 is 0 Å². The molecule has 1 aliphatic carbocycles. The van der Waals surface area contributed by atoms with Crippen molar-refractivity contribution >= 4 is 5.69 Å². The summed E-state index contributed by atoms with van der Waals surface area (Å²) in [5, 5.41) is 12.7. The molecule has 3 nitrogen and oxygen atoms in total. The highest BCUT2D eigenvalue weighted by Crippen LogP contribution is 2.30. The highest BCUT2D eigenvalue weighted by molar-refractivity contribution is 5.60. The highest BCUT2D eigenvalue weighted by Gasteiger charge is 2.20. The second-order valence-electron chi connectivity index (χ2n) is 5.35. The van der Waals surface area contributed by atoms with E-state index in [4.69, 9.17) is 4.74 Å². The van der Waals surface area contributed by atoms with Gasteiger partial charge in [-0.05, 0) is 37.8 Å². The van der Waals surface area contributed by atoms with Crippen LogP contribution in [0.4, 0.5) is 5.69 Å². The standard InChI is InChI=1S/C16H22N2O/c1-12(13-6-4-3-5-7-13)18-16-10-15(19-2)9-8-14(16)11-17/h8-10,12-13,18H,3-7H2,1-2H3. The fraction of sp³-hybridized carbons (Fsp3) is 0.562. The largest absolute Gasteiger partial charge is 0.497 e. The first-order valence-corrected chi connectivity index (χ1v) is 7.09. The number of nitrogens with one attached hydrogen (secondary N) is 1. The Labute approximate surface area is 115 Å². The molecule has 1 saturated carbocycles. The molecule has 1 fully saturated rings. The Morgan fingerprint density at radius 2 is 2.05 bits per heavy atom. The van der Waals surface area contributed by atoms with Gasteiger partial charge in [0.25, 0.3) is 0 Å². The molecule has 102 valence electrons. The van der Waals surface area contributed by atoms with Crippen molar-refractivity contribution in [1.82, 2.24) is 0 Å². The molecule has 3 heteroatoms. The van der Waals surface area contributed by atoms with Gasteiger partial charge in [-0.15, -0.1) is 0 Å². The van der Waals surface area contributed by atoms with Gasteiger partial charge in [-0.1, -0.05) is 19.3 Å².